The second kappa shape index (κ2) is 34.4. The molecule has 0 rings (SSSR count). The highest BCUT2D eigenvalue weighted by Crippen LogP contribution is 2.12. The molecule has 0 aliphatic heterocycles. The Morgan fingerprint density at radius 3 is 1.53 bits per heavy atom. The molecule has 0 aromatic heterocycles. The van der Waals surface area contributed by atoms with Crippen LogP contribution in [0.2, 0.25) is 0 Å². The monoisotopic (exact) mass is 719 g/mol. The molecule has 0 saturated carbocycles. The average Bonchev–Trinajstić information content (AvgIpc) is 3.08. The van der Waals surface area contributed by atoms with Gasteiger partial charge in [-0.1, -0.05) is 127 Å². The molecule has 2 unspecified atom stereocenters. The maximum absolute atomic E-state index is 12.7. The summed E-state index contributed by atoms with van der Waals surface area (Å²) in [6.07, 6.45) is 38.7. The number of unbranched alkanes of at least 4 members (excludes halogenated alkanes) is 15. The predicted octanol–water partition coefficient (Wildman–Crippen LogP) is 10.5. The van der Waals surface area contributed by atoms with Gasteiger partial charge in [0.15, 0.2) is 12.1 Å². The number of carbonyl (C=O) groups excluding carboxylic acids is 2. The third kappa shape index (κ3) is 32.9. The van der Waals surface area contributed by atoms with Crippen LogP contribution in [0.1, 0.15) is 155 Å². The first-order valence-corrected chi connectivity index (χ1v) is 20.2. The SMILES string of the molecule is CCCC/C=C/C=C/CCCCCC(=O)OCC(COCCC(C(=O)O)[N+](C)(C)C)OC(=O)CCCCC/C=C/C=C/CCCCCCCCC. The number of aliphatic carboxylic acids is 1. The fourth-order valence-electron chi connectivity index (χ4n) is 5.53. The van der Waals surface area contributed by atoms with E-state index in [0.717, 1.165) is 64.2 Å². The van der Waals surface area contributed by atoms with E-state index in [0.29, 0.717) is 12.8 Å². The summed E-state index contributed by atoms with van der Waals surface area (Å²) in [4.78, 5) is 36.8. The van der Waals surface area contributed by atoms with E-state index in [1.54, 1.807) is 0 Å². The van der Waals surface area contributed by atoms with E-state index < -0.39 is 18.1 Å². The van der Waals surface area contributed by atoms with E-state index in [9.17, 15) is 19.5 Å². The number of hydrogen-bond acceptors (Lipinski definition) is 6. The third-order valence-corrected chi connectivity index (χ3v) is 8.76. The van der Waals surface area contributed by atoms with Crippen molar-refractivity contribution in [3.63, 3.8) is 0 Å². The van der Waals surface area contributed by atoms with Gasteiger partial charge in [0, 0.05) is 19.3 Å². The van der Waals surface area contributed by atoms with Crippen molar-refractivity contribution in [3.8, 4) is 0 Å². The second-order valence-corrected chi connectivity index (χ2v) is 14.6. The van der Waals surface area contributed by atoms with Crippen molar-refractivity contribution in [2.45, 2.75) is 167 Å². The molecule has 0 fully saturated rings. The van der Waals surface area contributed by atoms with Crippen LogP contribution in [0.5, 0.6) is 0 Å². The Balaban J connectivity index is 4.49. The quantitative estimate of drug-likeness (QED) is 0.0301. The maximum atomic E-state index is 12.7. The number of esters is 2. The zero-order chi connectivity index (χ0) is 37.8. The molecule has 0 bridgehead atoms. The summed E-state index contributed by atoms with van der Waals surface area (Å²) in [6.45, 7) is 4.60. The van der Waals surface area contributed by atoms with Gasteiger partial charge >= 0.3 is 17.9 Å². The van der Waals surface area contributed by atoms with Crippen LogP contribution in [0.3, 0.4) is 0 Å². The molecule has 0 aromatic carbocycles. The summed E-state index contributed by atoms with van der Waals surface area (Å²) in [5.74, 6) is -1.54. The lowest BCUT2D eigenvalue weighted by molar-refractivity contribution is -0.887. The van der Waals surface area contributed by atoms with Crippen molar-refractivity contribution < 1.29 is 38.2 Å². The van der Waals surface area contributed by atoms with Gasteiger partial charge in [-0.25, -0.2) is 4.79 Å². The normalized spacial score (nSPS) is 13.5. The van der Waals surface area contributed by atoms with E-state index >= 15 is 0 Å². The summed E-state index contributed by atoms with van der Waals surface area (Å²) in [5.41, 5.74) is 0. The lowest BCUT2D eigenvalue weighted by Crippen LogP contribution is -2.50. The summed E-state index contributed by atoms with van der Waals surface area (Å²) in [7, 11) is 5.50. The number of allylic oxidation sites excluding steroid dienone is 8. The molecule has 8 nitrogen and oxygen atoms in total. The van der Waals surface area contributed by atoms with Gasteiger partial charge in [-0.15, -0.1) is 0 Å². The van der Waals surface area contributed by atoms with Crippen LogP contribution in [-0.2, 0) is 28.6 Å². The van der Waals surface area contributed by atoms with Crippen molar-refractivity contribution in [2.75, 3.05) is 41.0 Å². The fraction of sp³-hybridized carbons (Fsp3) is 0.744. The van der Waals surface area contributed by atoms with Crippen LogP contribution in [-0.4, -0.2) is 80.6 Å². The molecule has 0 spiro atoms. The molecule has 0 radical (unpaired) electrons. The Kier molecular flexibility index (Phi) is 32.6. The Bertz CT molecular complexity index is 979. The van der Waals surface area contributed by atoms with Crippen LogP contribution in [0.15, 0.2) is 48.6 Å². The molecule has 0 aromatic rings. The molecule has 0 amide bonds. The number of nitrogens with zero attached hydrogens (tertiary/aromatic N) is 1. The number of carboxylic acids is 1. The van der Waals surface area contributed by atoms with Gasteiger partial charge in [0.2, 0.25) is 0 Å². The molecular weight excluding hydrogens is 642 g/mol. The molecule has 8 heteroatoms. The van der Waals surface area contributed by atoms with Gasteiger partial charge in [-0.3, -0.25) is 9.59 Å². The minimum atomic E-state index is -0.885. The Morgan fingerprint density at radius 2 is 1.04 bits per heavy atom. The number of hydrogen-bond donors (Lipinski definition) is 1. The number of carboxylic acid groups (broad SMARTS) is 1. The molecule has 51 heavy (non-hydrogen) atoms. The number of likely N-dealkylation sites (N-methyl/N-ethyl adjacent to an activating group) is 1. The van der Waals surface area contributed by atoms with Gasteiger partial charge in [0.25, 0.3) is 0 Å². The molecule has 0 aliphatic rings. The van der Waals surface area contributed by atoms with Gasteiger partial charge < -0.3 is 23.8 Å². The molecule has 294 valence electrons. The van der Waals surface area contributed by atoms with E-state index in [2.05, 4.69) is 62.5 Å². The first-order chi connectivity index (χ1) is 24.6. The summed E-state index contributed by atoms with van der Waals surface area (Å²) >= 11 is 0. The number of ether oxygens (including phenoxy) is 3. The molecular formula is C43H76NO7+. The van der Waals surface area contributed by atoms with Gasteiger partial charge in [-0.05, 0) is 57.8 Å². The zero-order valence-corrected chi connectivity index (χ0v) is 33.3. The van der Waals surface area contributed by atoms with Crippen molar-refractivity contribution in [3.05, 3.63) is 48.6 Å². The van der Waals surface area contributed by atoms with Gasteiger partial charge in [0.05, 0.1) is 34.4 Å². The first kappa shape index (κ1) is 48.3. The average molecular weight is 719 g/mol. The number of rotatable bonds is 35. The third-order valence-electron chi connectivity index (χ3n) is 8.76. The zero-order valence-electron chi connectivity index (χ0n) is 33.3. The van der Waals surface area contributed by atoms with Crippen molar-refractivity contribution in [1.29, 1.82) is 0 Å². The smallest absolute Gasteiger partial charge is 0.362 e. The van der Waals surface area contributed by atoms with Crippen molar-refractivity contribution in [2.24, 2.45) is 0 Å². The lowest BCUT2D eigenvalue weighted by atomic mass is 10.1. The number of carbonyl (C=O) groups is 3. The van der Waals surface area contributed by atoms with Gasteiger partial charge in [0.1, 0.15) is 6.61 Å². The topological polar surface area (TPSA) is 99.1 Å². The fourth-order valence-corrected chi connectivity index (χ4v) is 5.53. The first-order valence-electron chi connectivity index (χ1n) is 20.2. The lowest BCUT2D eigenvalue weighted by Gasteiger charge is -2.31. The van der Waals surface area contributed by atoms with E-state index in [1.165, 1.54) is 57.8 Å². The summed E-state index contributed by atoms with van der Waals surface area (Å²) < 4.78 is 17.2. The van der Waals surface area contributed by atoms with E-state index in [1.807, 2.05) is 21.1 Å². The molecule has 0 aliphatic carbocycles. The van der Waals surface area contributed by atoms with Gasteiger partial charge in [-0.2, -0.15) is 0 Å². The van der Waals surface area contributed by atoms with Crippen LogP contribution >= 0.6 is 0 Å². The van der Waals surface area contributed by atoms with Crippen LogP contribution in [0.4, 0.5) is 0 Å². The van der Waals surface area contributed by atoms with E-state index in [-0.39, 0.29) is 42.7 Å². The highest BCUT2D eigenvalue weighted by atomic mass is 16.6. The molecule has 2 atom stereocenters. The highest BCUT2D eigenvalue weighted by molar-refractivity contribution is 5.72. The minimum Gasteiger partial charge on any atom is -0.477 e. The summed E-state index contributed by atoms with van der Waals surface area (Å²) in [6, 6.07) is -0.623. The van der Waals surface area contributed by atoms with Crippen molar-refractivity contribution >= 4 is 17.9 Å². The number of quaternary nitrogens is 1. The predicted molar refractivity (Wildman–Crippen MR) is 211 cm³/mol. The largest absolute Gasteiger partial charge is 0.477 e. The van der Waals surface area contributed by atoms with E-state index in [4.69, 9.17) is 14.2 Å². The Labute approximate surface area is 312 Å². The van der Waals surface area contributed by atoms with Crippen LogP contribution < -0.4 is 0 Å². The highest BCUT2D eigenvalue weighted by Gasteiger charge is 2.31. The van der Waals surface area contributed by atoms with Crippen molar-refractivity contribution in [1.82, 2.24) is 0 Å². The minimum absolute atomic E-state index is 0.0407. The maximum Gasteiger partial charge on any atom is 0.362 e. The standard InChI is InChI=1S/C43H75NO7/c1-6-8-10-12-14-16-18-19-20-21-22-24-26-28-30-32-34-42(46)51-39(37-49-36-35-40(43(47)48)44(3,4)5)38-50-41(45)33-31-29-27-25-23-17-15-13-11-9-7-2/h13,15,17,20-24,39-40H,6-12,14,16,18-19,25-38H2,1-5H3/p+1/b15-13+,21-20+,23-17+,24-22+. The molecule has 0 saturated heterocycles. The van der Waals surface area contributed by atoms with Crippen LogP contribution in [0, 0.1) is 0 Å². The Hall–Kier alpha value is -2.71. The second-order valence-electron chi connectivity index (χ2n) is 14.6. The molecule has 0 heterocycles. The summed E-state index contributed by atoms with van der Waals surface area (Å²) in [5, 5.41) is 9.59. The Morgan fingerprint density at radius 1 is 0.588 bits per heavy atom. The molecule has 1 N–H and O–H groups in total. The van der Waals surface area contributed by atoms with Crippen LogP contribution in [0.25, 0.3) is 0 Å².